The highest BCUT2D eigenvalue weighted by molar-refractivity contribution is 5.47. The summed E-state index contributed by atoms with van der Waals surface area (Å²) in [4.78, 5) is 0. The zero-order chi connectivity index (χ0) is 15.2. The zero-order valence-electron chi connectivity index (χ0n) is 13.6. The van der Waals surface area contributed by atoms with E-state index in [9.17, 15) is 0 Å². The van der Waals surface area contributed by atoms with Crippen LogP contribution in [0.3, 0.4) is 0 Å². The number of para-hydroxylation sites is 1. The van der Waals surface area contributed by atoms with E-state index in [1.807, 2.05) is 0 Å². The van der Waals surface area contributed by atoms with Gasteiger partial charge in [-0.25, -0.2) is 0 Å². The van der Waals surface area contributed by atoms with Crippen molar-refractivity contribution >= 4 is 0 Å². The molecule has 0 radical (unpaired) electrons. The smallest absolute Gasteiger partial charge is 0.0486 e. The lowest BCUT2D eigenvalue weighted by molar-refractivity contribution is 0.278. The van der Waals surface area contributed by atoms with E-state index in [2.05, 4.69) is 68.8 Å². The van der Waals surface area contributed by atoms with E-state index in [-0.39, 0.29) is 11.5 Å². The van der Waals surface area contributed by atoms with E-state index < -0.39 is 0 Å². The van der Waals surface area contributed by atoms with E-state index in [0.717, 1.165) is 12.8 Å². The van der Waals surface area contributed by atoms with Crippen LogP contribution < -0.4 is 5.73 Å². The van der Waals surface area contributed by atoms with Gasteiger partial charge in [0.15, 0.2) is 0 Å². The molecule has 2 N–H and O–H groups in total. The van der Waals surface area contributed by atoms with Crippen molar-refractivity contribution in [2.75, 3.05) is 0 Å². The van der Waals surface area contributed by atoms with Crippen molar-refractivity contribution in [1.82, 2.24) is 4.57 Å². The van der Waals surface area contributed by atoms with Crippen LogP contribution >= 0.6 is 0 Å². The molecule has 0 saturated carbocycles. The molecule has 1 heterocycles. The van der Waals surface area contributed by atoms with Gasteiger partial charge in [0.05, 0.1) is 0 Å². The van der Waals surface area contributed by atoms with Crippen molar-refractivity contribution in [3.8, 4) is 5.69 Å². The van der Waals surface area contributed by atoms with Crippen molar-refractivity contribution in [2.24, 2.45) is 11.1 Å². The van der Waals surface area contributed by atoms with Gasteiger partial charge in [0, 0.05) is 23.6 Å². The standard InChI is InChI=1S/C19H26N2/c1-13(2)14-7-5-6-8-17(14)21-10-9-15-16(20)11-19(3,4)12-18(15)21/h5-10,13,16H,11-12,20H2,1-4H3. The topological polar surface area (TPSA) is 30.9 Å². The van der Waals surface area contributed by atoms with Gasteiger partial charge in [-0.3, -0.25) is 0 Å². The van der Waals surface area contributed by atoms with Crippen LogP contribution in [0.1, 0.15) is 62.9 Å². The highest BCUT2D eigenvalue weighted by atomic mass is 15.0. The molecule has 0 aliphatic heterocycles. The Kier molecular flexibility index (Phi) is 3.45. The third-order valence-corrected chi connectivity index (χ3v) is 4.66. The second kappa shape index (κ2) is 5.03. The van der Waals surface area contributed by atoms with Gasteiger partial charge in [-0.05, 0) is 47.4 Å². The molecule has 2 aromatic rings. The van der Waals surface area contributed by atoms with Crippen LogP contribution in [0.2, 0.25) is 0 Å². The molecule has 112 valence electrons. The SMILES string of the molecule is CC(C)c1ccccc1-n1ccc2c1CC(C)(C)CC2N. The molecule has 1 aromatic carbocycles. The number of aromatic nitrogens is 1. The molecule has 1 aliphatic rings. The largest absolute Gasteiger partial charge is 0.324 e. The molecule has 2 nitrogen and oxygen atoms in total. The van der Waals surface area contributed by atoms with Gasteiger partial charge in [0.2, 0.25) is 0 Å². The van der Waals surface area contributed by atoms with E-state index in [1.165, 1.54) is 22.5 Å². The molecular formula is C19H26N2. The average Bonchev–Trinajstić information content (AvgIpc) is 2.80. The molecule has 21 heavy (non-hydrogen) atoms. The lowest BCUT2D eigenvalue weighted by Crippen LogP contribution is -2.30. The lowest BCUT2D eigenvalue weighted by atomic mass is 9.74. The molecule has 0 fully saturated rings. The number of nitrogens with two attached hydrogens (primary N) is 1. The third-order valence-electron chi connectivity index (χ3n) is 4.66. The number of fused-ring (bicyclic) bond motifs is 1. The summed E-state index contributed by atoms with van der Waals surface area (Å²) < 4.78 is 2.37. The number of rotatable bonds is 2. The van der Waals surface area contributed by atoms with Crippen LogP contribution in [0.5, 0.6) is 0 Å². The number of hydrogen-bond acceptors (Lipinski definition) is 1. The van der Waals surface area contributed by atoms with Crippen LogP contribution in [-0.2, 0) is 6.42 Å². The molecule has 0 saturated heterocycles. The second-order valence-corrected chi connectivity index (χ2v) is 7.45. The van der Waals surface area contributed by atoms with Crippen LogP contribution in [0.15, 0.2) is 36.5 Å². The summed E-state index contributed by atoms with van der Waals surface area (Å²) in [6.45, 7) is 9.15. The molecule has 1 unspecified atom stereocenters. The van der Waals surface area contributed by atoms with Gasteiger partial charge in [-0.1, -0.05) is 45.9 Å². The number of nitrogens with zero attached hydrogens (tertiary/aromatic N) is 1. The van der Waals surface area contributed by atoms with Crippen molar-refractivity contribution < 1.29 is 0 Å². The minimum Gasteiger partial charge on any atom is -0.324 e. The predicted molar refractivity (Wildman–Crippen MR) is 88.9 cm³/mol. The molecule has 0 amide bonds. The van der Waals surface area contributed by atoms with Gasteiger partial charge < -0.3 is 10.3 Å². The van der Waals surface area contributed by atoms with Crippen LogP contribution in [-0.4, -0.2) is 4.57 Å². The molecule has 2 heteroatoms. The minimum absolute atomic E-state index is 0.163. The monoisotopic (exact) mass is 282 g/mol. The maximum atomic E-state index is 6.40. The highest BCUT2D eigenvalue weighted by Gasteiger charge is 2.32. The molecular weight excluding hydrogens is 256 g/mol. The van der Waals surface area contributed by atoms with Gasteiger partial charge in [-0.2, -0.15) is 0 Å². The van der Waals surface area contributed by atoms with Crippen molar-refractivity contribution in [3.63, 3.8) is 0 Å². The van der Waals surface area contributed by atoms with Gasteiger partial charge in [-0.15, -0.1) is 0 Å². The Hall–Kier alpha value is -1.54. The van der Waals surface area contributed by atoms with Crippen LogP contribution in [0.4, 0.5) is 0 Å². The first-order valence-electron chi connectivity index (χ1n) is 7.94. The van der Waals surface area contributed by atoms with Gasteiger partial charge >= 0.3 is 0 Å². The zero-order valence-corrected chi connectivity index (χ0v) is 13.6. The van der Waals surface area contributed by atoms with Gasteiger partial charge in [0.25, 0.3) is 0 Å². The highest BCUT2D eigenvalue weighted by Crippen LogP contribution is 2.41. The van der Waals surface area contributed by atoms with Crippen LogP contribution in [0, 0.1) is 5.41 Å². The summed E-state index contributed by atoms with van der Waals surface area (Å²) in [7, 11) is 0. The van der Waals surface area contributed by atoms with Crippen LogP contribution in [0.25, 0.3) is 5.69 Å². The fourth-order valence-electron chi connectivity index (χ4n) is 3.66. The van der Waals surface area contributed by atoms with E-state index in [4.69, 9.17) is 5.73 Å². The molecule has 0 spiro atoms. The number of benzene rings is 1. The molecule has 3 rings (SSSR count). The summed E-state index contributed by atoms with van der Waals surface area (Å²) in [6.07, 6.45) is 4.36. The Morgan fingerprint density at radius 2 is 1.90 bits per heavy atom. The van der Waals surface area contributed by atoms with E-state index in [0.29, 0.717) is 5.92 Å². The lowest BCUT2D eigenvalue weighted by Gasteiger charge is -2.34. The fourth-order valence-corrected chi connectivity index (χ4v) is 3.66. The summed E-state index contributed by atoms with van der Waals surface area (Å²) in [5, 5.41) is 0. The third kappa shape index (κ3) is 2.53. The normalized spacial score (nSPS) is 20.6. The first kappa shape index (κ1) is 14.4. The molecule has 1 aliphatic carbocycles. The summed E-state index contributed by atoms with van der Waals surface area (Å²) in [5.41, 5.74) is 12.1. The Labute approximate surface area is 128 Å². The number of hydrogen-bond donors (Lipinski definition) is 1. The Morgan fingerprint density at radius 3 is 2.62 bits per heavy atom. The predicted octanol–water partition coefficient (Wildman–Crippen LogP) is 4.57. The summed E-state index contributed by atoms with van der Waals surface area (Å²) in [5.74, 6) is 0.518. The van der Waals surface area contributed by atoms with Crippen molar-refractivity contribution in [3.05, 3.63) is 53.3 Å². The quantitative estimate of drug-likeness (QED) is 0.859. The summed E-state index contributed by atoms with van der Waals surface area (Å²) >= 11 is 0. The Morgan fingerprint density at radius 1 is 1.19 bits per heavy atom. The van der Waals surface area contributed by atoms with E-state index in [1.54, 1.807) is 0 Å². The molecule has 1 atom stereocenters. The Bertz CT molecular complexity index is 649. The van der Waals surface area contributed by atoms with Crippen molar-refractivity contribution in [1.29, 1.82) is 0 Å². The maximum Gasteiger partial charge on any atom is 0.0486 e. The fraction of sp³-hybridized carbons (Fsp3) is 0.474. The summed E-state index contributed by atoms with van der Waals surface area (Å²) in [6, 6.07) is 11.1. The molecule has 0 bridgehead atoms. The maximum absolute atomic E-state index is 6.40. The first-order valence-corrected chi connectivity index (χ1v) is 7.94. The Balaban J connectivity index is 2.15. The van der Waals surface area contributed by atoms with E-state index >= 15 is 0 Å². The average molecular weight is 282 g/mol. The van der Waals surface area contributed by atoms with Crippen molar-refractivity contribution in [2.45, 2.75) is 52.5 Å². The minimum atomic E-state index is 0.163. The molecule has 1 aromatic heterocycles. The van der Waals surface area contributed by atoms with Gasteiger partial charge in [0.1, 0.15) is 0 Å². The first-order chi connectivity index (χ1) is 9.89. The second-order valence-electron chi connectivity index (χ2n) is 7.45.